The van der Waals surface area contributed by atoms with Crippen LogP contribution >= 0.6 is 0 Å². The highest BCUT2D eigenvalue weighted by atomic mass is 16.4. The summed E-state index contributed by atoms with van der Waals surface area (Å²) < 4.78 is 0. The van der Waals surface area contributed by atoms with Crippen LogP contribution in [0.1, 0.15) is 16.7 Å². The third-order valence-corrected chi connectivity index (χ3v) is 3.89. The van der Waals surface area contributed by atoms with E-state index in [1.807, 2.05) is 6.07 Å². The third kappa shape index (κ3) is 2.67. The van der Waals surface area contributed by atoms with Gasteiger partial charge in [-0.1, -0.05) is 29.4 Å². The zero-order valence-corrected chi connectivity index (χ0v) is 11.7. The number of benzene rings is 1. The summed E-state index contributed by atoms with van der Waals surface area (Å²) in [5.74, 6) is 0.875. The lowest BCUT2D eigenvalue weighted by molar-refractivity contribution is 0.318. The fourth-order valence-corrected chi connectivity index (χ4v) is 2.78. The van der Waals surface area contributed by atoms with Crippen molar-refractivity contribution in [3.8, 4) is 0 Å². The first kappa shape index (κ1) is 13.4. The van der Waals surface area contributed by atoms with Gasteiger partial charge in [0.1, 0.15) is 5.82 Å². The molecule has 1 aliphatic heterocycles. The maximum atomic E-state index is 8.93. The molecule has 1 aromatic carbocycles. The summed E-state index contributed by atoms with van der Waals surface area (Å²) in [6.07, 6.45) is 3.69. The molecule has 3 rings (SSSR count). The summed E-state index contributed by atoms with van der Waals surface area (Å²) in [6, 6.07) is 12.1. The first-order valence-corrected chi connectivity index (χ1v) is 7.04. The van der Waals surface area contributed by atoms with E-state index in [0.717, 1.165) is 31.7 Å². The third-order valence-electron chi connectivity index (χ3n) is 3.89. The Labute approximate surface area is 123 Å². The van der Waals surface area contributed by atoms with E-state index in [4.69, 9.17) is 10.9 Å². The summed E-state index contributed by atoms with van der Waals surface area (Å²) in [6.45, 7) is 1.75. The molecule has 5 nitrogen and oxygen atoms in total. The van der Waals surface area contributed by atoms with Crippen LogP contribution in [0.15, 0.2) is 47.8 Å². The van der Waals surface area contributed by atoms with Crippen molar-refractivity contribution in [2.24, 2.45) is 10.9 Å². The number of hydrogen-bond acceptors (Lipinski definition) is 4. The Kier molecular flexibility index (Phi) is 3.73. The number of amidine groups is 1. The van der Waals surface area contributed by atoms with Crippen molar-refractivity contribution < 1.29 is 5.21 Å². The topological polar surface area (TPSA) is 74.7 Å². The molecule has 0 saturated carbocycles. The Morgan fingerprint density at radius 3 is 2.38 bits per heavy atom. The molecule has 0 spiro atoms. The number of fused-ring (bicyclic) bond motifs is 1. The fourth-order valence-electron chi connectivity index (χ4n) is 2.78. The number of anilines is 1. The van der Waals surface area contributed by atoms with Crippen molar-refractivity contribution in [1.82, 2.24) is 4.98 Å². The lowest BCUT2D eigenvalue weighted by Gasteiger charge is -2.23. The molecule has 0 atom stereocenters. The van der Waals surface area contributed by atoms with Gasteiger partial charge < -0.3 is 15.8 Å². The SMILES string of the molecule is NC(=NO)c1cccnc1N1CCc2ccccc2CC1. The van der Waals surface area contributed by atoms with E-state index in [1.54, 1.807) is 12.3 Å². The molecule has 0 bridgehead atoms. The van der Waals surface area contributed by atoms with Crippen molar-refractivity contribution in [1.29, 1.82) is 0 Å². The highest BCUT2D eigenvalue weighted by molar-refractivity contribution is 6.01. The summed E-state index contributed by atoms with van der Waals surface area (Å²) >= 11 is 0. The van der Waals surface area contributed by atoms with Crippen molar-refractivity contribution in [3.05, 3.63) is 59.3 Å². The molecule has 0 radical (unpaired) electrons. The van der Waals surface area contributed by atoms with Crippen LogP contribution < -0.4 is 10.6 Å². The smallest absolute Gasteiger partial charge is 0.173 e. The zero-order chi connectivity index (χ0) is 14.7. The van der Waals surface area contributed by atoms with Gasteiger partial charge in [0.25, 0.3) is 0 Å². The minimum absolute atomic E-state index is 0.0971. The van der Waals surface area contributed by atoms with Crippen LogP contribution in [0.2, 0.25) is 0 Å². The second-order valence-corrected chi connectivity index (χ2v) is 5.12. The maximum absolute atomic E-state index is 8.93. The molecule has 0 aliphatic carbocycles. The Bertz CT molecular complexity index is 642. The first-order chi connectivity index (χ1) is 10.3. The van der Waals surface area contributed by atoms with E-state index in [-0.39, 0.29) is 5.84 Å². The van der Waals surface area contributed by atoms with Gasteiger partial charge in [0.05, 0.1) is 5.56 Å². The van der Waals surface area contributed by atoms with Crippen LogP contribution in [0.3, 0.4) is 0 Å². The molecule has 0 amide bonds. The number of nitrogens with two attached hydrogens (primary N) is 1. The first-order valence-electron chi connectivity index (χ1n) is 7.04. The Morgan fingerprint density at radius 2 is 1.76 bits per heavy atom. The quantitative estimate of drug-likeness (QED) is 0.381. The largest absolute Gasteiger partial charge is 0.409 e. The lowest BCUT2D eigenvalue weighted by atomic mass is 10.0. The number of nitrogens with zero attached hydrogens (tertiary/aromatic N) is 3. The second kappa shape index (κ2) is 5.83. The average molecular weight is 282 g/mol. The molecule has 108 valence electrons. The molecule has 21 heavy (non-hydrogen) atoms. The number of aromatic nitrogens is 1. The number of hydrogen-bond donors (Lipinski definition) is 2. The van der Waals surface area contributed by atoms with E-state index in [1.165, 1.54) is 11.1 Å². The highest BCUT2D eigenvalue weighted by Crippen LogP contribution is 2.22. The molecular weight excluding hydrogens is 264 g/mol. The molecule has 2 aromatic rings. The Morgan fingerprint density at radius 1 is 1.10 bits per heavy atom. The van der Waals surface area contributed by atoms with E-state index < -0.39 is 0 Å². The van der Waals surface area contributed by atoms with Crippen LogP contribution in [0.4, 0.5) is 5.82 Å². The molecule has 2 heterocycles. The monoisotopic (exact) mass is 282 g/mol. The van der Waals surface area contributed by atoms with Crippen molar-refractivity contribution in [2.45, 2.75) is 12.8 Å². The lowest BCUT2D eigenvalue weighted by Crippen LogP contribution is -2.30. The van der Waals surface area contributed by atoms with Gasteiger partial charge in [0, 0.05) is 19.3 Å². The van der Waals surface area contributed by atoms with Gasteiger partial charge >= 0.3 is 0 Å². The Balaban J connectivity index is 1.90. The molecule has 1 aliphatic rings. The van der Waals surface area contributed by atoms with Crippen LogP contribution in [0.25, 0.3) is 0 Å². The zero-order valence-electron chi connectivity index (χ0n) is 11.7. The van der Waals surface area contributed by atoms with Crippen molar-refractivity contribution >= 4 is 11.7 Å². The van der Waals surface area contributed by atoms with Crippen LogP contribution in [0.5, 0.6) is 0 Å². The standard InChI is InChI=1S/C16H18N4O/c17-15(19-21)14-6-3-9-18-16(14)20-10-7-12-4-1-2-5-13(12)8-11-20/h1-6,9,21H,7-8,10-11H2,(H2,17,19). The van der Waals surface area contributed by atoms with E-state index in [2.05, 4.69) is 39.3 Å². The minimum Gasteiger partial charge on any atom is -0.409 e. The van der Waals surface area contributed by atoms with Crippen LogP contribution in [-0.4, -0.2) is 29.1 Å². The van der Waals surface area contributed by atoms with Gasteiger partial charge in [-0.3, -0.25) is 0 Å². The maximum Gasteiger partial charge on any atom is 0.173 e. The van der Waals surface area contributed by atoms with E-state index in [0.29, 0.717) is 5.56 Å². The average Bonchev–Trinajstić information content (AvgIpc) is 2.77. The van der Waals surface area contributed by atoms with Crippen molar-refractivity contribution in [3.63, 3.8) is 0 Å². The van der Waals surface area contributed by atoms with Crippen LogP contribution in [0, 0.1) is 0 Å². The minimum atomic E-state index is 0.0971. The molecule has 0 fully saturated rings. The number of rotatable bonds is 2. The van der Waals surface area contributed by atoms with Gasteiger partial charge in [-0.2, -0.15) is 0 Å². The summed E-state index contributed by atoms with van der Waals surface area (Å²) in [5, 5.41) is 12.0. The molecule has 0 unspecified atom stereocenters. The molecule has 5 heteroatoms. The van der Waals surface area contributed by atoms with E-state index in [9.17, 15) is 0 Å². The molecule has 1 aromatic heterocycles. The van der Waals surface area contributed by atoms with Gasteiger partial charge in [0.15, 0.2) is 5.84 Å². The van der Waals surface area contributed by atoms with E-state index >= 15 is 0 Å². The van der Waals surface area contributed by atoms with Gasteiger partial charge in [0.2, 0.25) is 0 Å². The number of pyridine rings is 1. The van der Waals surface area contributed by atoms with Crippen LogP contribution in [-0.2, 0) is 12.8 Å². The summed E-state index contributed by atoms with van der Waals surface area (Å²) in [7, 11) is 0. The summed E-state index contributed by atoms with van der Waals surface area (Å²) in [4.78, 5) is 6.63. The Hall–Kier alpha value is -2.56. The predicted octanol–water partition coefficient (Wildman–Crippen LogP) is 1.78. The molecule has 3 N–H and O–H groups in total. The predicted molar refractivity (Wildman–Crippen MR) is 82.8 cm³/mol. The number of oxime groups is 1. The second-order valence-electron chi connectivity index (χ2n) is 5.12. The van der Waals surface area contributed by atoms with Gasteiger partial charge in [-0.25, -0.2) is 4.98 Å². The van der Waals surface area contributed by atoms with Crippen molar-refractivity contribution in [2.75, 3.05) is 18.0 Å². The fraction of sp³-hybridized carbons (Fsp3) is 0.250. The summed E-state index contributed by atoms with van der Waals surface area (Å²) in [5.41, 5.74) is 9.21. The van der Waals surface area contributed by atoms with Gasteiger partial charge in [-0.15, -0.1) is 0 Å². The molecular formula is C16H18N4O. The van der Waals surface area contributed by atoms with Gasteiger partial charge in [-0.05, 0) is 36.1 Å². The highest BCUT2D eigenvalue weighted by Gasteiger charge is 2.18. The molecule has 0 saturated heterocycles. The normalized spacial score (nSPS) is 15.4.